The molecule has 1 amide bonds. The normalized spacial score (nSPS) is 21.1. The molecule has 3 rings (SSSR count). The Bertz CT molecular complexity index is 924. The summed E-state index contributed by atoms with van der Waals surface area (Å²) in [5.74, 6) is -0.770. The first-order valence-electron chi connectivity index (χ1n) is 8.17. The van der Waals surface area contributed by atoms with Crippen LogP contribution >= 0.6 is 12.2 Å². The summed E-state index contributed by atoms with van der Waals surface area (Å²) < 4.78 is 67.2. The molecule has 2 heterocycles. The van der Waals surface area contributed by atoms with E-state index in [0.717, 1.165) is 11.5 Å². The van der Waals surface area contributed by atoms with Crippen molar-refractivity contribution in [3.05, 3.63) is 35.6 Å². The third-order valence-electron chi connectivity index (χ3n) is 4.19. The van der Waals surface area contributed by atoms with Gasteiger partial charge in [0.2, 0.25) is 0 Å². The van der Waals surface area contributed by atoms with Crippen LogP contribution in [0.5, 0.6) is 0 Å². The SMILES string of the molecule is O=C1O[C@@H](CNC(=S)C(F)F)CN1c1ccc(N2C=CS(=O)(=O)CC2)c(F)c1. The number of nitrogens with one attached hydrogen (secondary N) is 1. The van der Waals surface area contributed by atoms with Crippen LogP contribution in [0.25, 0.3) is 0 Å². The van der Waals surface area contributed by atoms with Gasteiger partial charge in [-0.15, -0.1) is 0 Å². The molecule has 0 aliphatic carbocycles. The number of rotatable bonds is 5. The monoisotopic (exact) mass is 435 g/mol. The lowest BCUT2D eigenvalue weighted by Gasteiger charge is -2.24. The number of sulfone groups is 1. The van der Waals surface area contributed by atoms with Crippen LogP contribution in [0, 0.1) is 5.82 Å². The first kappa shape index (κ1) is 20.4. The van der Waals surface area contributed by atoms with E-state index in [1.807, 2.05) is 0 Å². The lowest BCUT2D eigenvalue weighted by atomic mass is 10.2. The molecular formula is C16H16F3N3O4S2. The van der Waals surface area contributed by atoms with E-state index < -0.39 is 39.3 Å². The van der Waals surface area contributed by atoms with Crippen LogP contribution in [-0.4, -0.2) is 57.4 Å². The lowest BCUT2D eigenvalue weighted by molar-refractivity contribution is 0.142. The van der Waals surface area contributed by atoms with E-state index in [2.05, 4.69) is 17.5 Å². The van der Waals surface area contributed by atoms with Gasteiger partial charge in [-0.05, 0) is 18.2 Å². The van der Waals surface area contributed by atoms with E-state index in [-0.39, 0.29) is 36.8 Å². The second-order valence-electron chi connectivity index (χ2n) is 6.14. The third-order valence-corrected chi connectivity index (χ3v) is 5.80. The summed E-state index contributed by atoms with van der Waals surface area (Å²) in [5, 5.41) is 3.34. The minimum atomic E-state index is -3.26. The standard InChI is InChI=1S/C16H16F3N3O4S2/c17-12-7-10(1-2-13(12)21-3-5-28(24,25)6-4-21)22-9-11(26-16(22)23)8-20-15(27)14(18)19/h1-3,5,7,11,14H,4,6,8-9H2,(H,20,27)/t11-/m0/s1. The van der Waals surface area contributed by atoms with Gasteiger partial charge in [0.25, 0.3) is 6.43 Å². The van der Waals surface area contributed by atoms with Gasteiger partial charge < -0.3 is 15.0 Å². The van der Waals surface area contributed by atoms with Crippen LogP contribution < -0.4 is 15.1 Å². The van der Waals surface area contributed by atoms with Gasteiger partial charge in [-0.2, -0.15) is 0 Å². The van der Waals surface area contributed by atoms with E-state index in [0.29, 0.717) is 0 Å². The fourth-order valence-electron chi connectivity index (χ4n) is 2.76. The molecule has 1 aromatic carbocycles. The highest BCUT2D eigenvalue weighted by atomic mass is 32.2. The van der Waals surface area contributed by atoms with Crippen molar-refractivity contribution in [1.29, 1.82) is 0 Å². The fraction of sp³-hybridized carbons (Fsp3) is 0.375. The number of anilines is 2. The van der Waals surface area contributed by atoms with E-state index in [1.54, 1.807) is 0 Å². The molecule has 7 nitrogen and oxygen atoms in total. The Morgan fingerprint density at radius 3 is 2.75 bits per heavy atom. The molecule has 0 saturated carbocycles. The van der Waals surface area contributed by atoms with Crippen LogP contribution in [0.1, 0.15) is 0 Å². The third kappa shape index (κ3) is 4.55. The van der Waals surface area contributed by atoms with E-state index in [4.69, 9.17) is 4.74 Å². The van der Waals surface area contributed by atoms with Crippen molar-refractivity contribution in [3.63, 3.8) is 0 Å². The highest BCUT2D eigenvalue weighted by molar-refractivity contribution is 7.94. The van der Waals surface area contributed by atoms with Gasteiger partial charge in [-0.3, -0.25) is 4.90 Å². The van der Waals surface area contributed by atoms with Crippen LogP contribution in [0.15, 0.2) is 29.8 Å². The number of thiocarbonyl (C=S) groups is 1. The minimum absolute atomic E-state index is 0.0400. The molecule has 28 heavy (non-hydrogen) atoms. The second kappa shape index (κ2) is 7.95. The summed E-state index contributed by atoms with van der Waals surface area (Å²) in [5.41, 5.74) is 0.404. The van der Waals surface area contributed by atoms with Crippen LogP contribution in [-0.2, 0) is 14.6 Å². The van der Waals surface area contributed by atoms with Crippen molar-refractivity contribution in [2.45, 2.75) is 12.5 Å². The molecule has 1 saturated heterocycles. The molecule has 0 unspecified atom stereocenters. The average Bonchev–Trinajstić information content (AvgIpc) is 3.00. The molecule has 152 valence electrons. The van der Waals surface area contributed by atoms with E-state index >= 15 is 0 Å². The number of hydrogen-bond acceptors (Lipinski definition) is 6. The van der Waals surface area contributed by atoms with Gasteiger partial charge >= 0.3 is 6.09 Å². The summed E-state index contributed by atoms with van der Waals surface area (Å²) in [7, 11) is -3.26. The molecule has 1 aromatic rings. The highest BCUT2D eigenvalue weighted by Gasteiger charge is 2.33. The number of halogens is 3. The molecule has 1 atom stereocenters. The maximum absolute atomic E-state index is 14.5. The minimum Gasteiger partial charge on any atom is -0.442 e. The number of cyclic esters (lactones) is 1. The summed E-state index contributed by atoms with van der Waals surface area (Å²) in [6.45, 7) is 0.0655. The maximum atomic E-state index is 14.5. The molecule has 2 aliphatic rings. The molecule has 2 aliphatic heterocycles. The van der Waals surface area contributed by atoms with Gasteiger partial charge in [0, 0.05) is 18.2 Å². The zero-order chi connectivity index (χ0) is 20.5. The molecule has 0 aromatic heterocycles. The Morgan fingerprint density at radius 2 is 2.14 bits per heavy atom. The predicted molar refractivity (Wildman–Crippen MR) is 101 cm³/mol. The molecular weight excluding hydrogens is 419 g/mol. The van der Waals surface area contributed by atoms with Gasteiger partial charge in [0.1, 0.15) is 16.9 Å². The van der Waals surface area contributed by atoms with Crippen LogP contribution in [0.4, 0.5) is 29.3 Å². The number of ether oxygens (including phenoxy) is 1. The average molecular weight is 435 g/mol. The lowest BCUT2D eigenvalue weighted by Crippen LogP contribution is -2.36. The van der Waals surface area contributed by atoms with Gasteiger partial charge in [0.05, 0.1) is 30.2 Å². The van der Waals surface area contributed by atoms with Crippen molar-refractivity contribution in [1.82, 2.24) is 5.32 Å². The molecule has 0 radical (unpaired) electrons. The van der Waals surface area contributed by atoms with Crippen LogP contribution in [0.2, 0.25) is 0 Å². The quantitative estimate of drug-likeness (QED) is 0.709. The summed E-state index contributed by atoms with van der Waals surface area (Å²) in [4.78, 5) is 14.0. The Hall–Kier alpha value is -2.34. The van der Waals surface area contributed by atoms with Crippen molar-refractivity contribution < 1.29 is 31.1 Å². The van der Waals surface area contributed by atoms with Gasteiger partial charge in [-0.1, -0.05) is 12.2 Å². The Balaban J connectivity index is 1.68. The number of alkyl halides is 2. The number of hydrogen-bond donors (Lipinski definition) is 1. The maximum Gasteiger partial charge on any atom is 0.414 e. The smallest absolute Gasteiger partial charge is 0.414 e. The Kier molecular flexibility index (Phi) is 5.79. The van der Waals surface area contributed by atoms with Crippen molar-refractivity contribution in [3.8, 4) is 0 Å². The number of benzene rings is 1. The predicted octanol–water partition coefficient (Wildman–Crippen LogP) is 2.04. The number of carbonyl (C=O) groups excluding carboxylic acids is 1. The number of amides is 1. The van der Waals surface area contributed by atoms with Crippen LogP contribution in [0.3, 0.4) is 0 Å². The topological polar surface area (TPSA) is 79.0 Å². The molecule has 0 bridgehead atoms. The van der Waals surface area contributed by atoms with Crippen molar-refractivity contribution >= 4 is 44.5 Å². The fourth-order valence-corrected chi connectivity index (χ4v) is 3.76. The number of nitrogens with zero attached hydrogens (tertiary/aromatic N) is 2. The zero-order valence-corrected chi connectivity index (χ0v) is 16.0. The zero-order valence-electron chi connectivity index (χ0n) is 14.3. The van der Waals surface area contributed by atoms with Gasteiger partial charge in [-0.25, -0.2) is 26.4 Å². The summed E-state index contributed by atoms with van der Waals surface area (Å²) >= 11 is 4.46. The second-order valence-corrected chi connectivity index (χ2v) is 8.59. The Labute approximate surface area is 164 Å². The van der Waals surface area contributed by atoms with E-state index in [9.17, 15) is 26.4 Å². The van der Waals surface area contributed by atoms with Gasteiger partial charge in [0.15, 0.2) is 9.84 Å². The molecule has 0 spiro atoms. The first-order chi connectivity index (χ1) is 13.2. The molecule has 12 heteroatoms. The van der Waals surface area contributed by atoms with Crippen molar-refractivity contribution in [2.24, 2.45) is 0 Å². The molecule has 1 N–H and O–H groups in total. The highest BCUT2D eigenvalue weighted by Crippen LogP contribution is 2.29. The summed E-state index contributed by atoms with van der Waals surface area (Å²) in [6.07, 6.45) is -2.97. The van der Waals surface area contributed by atoms with Crippen molar-refractivity contribution in [2.75, 3.05) is 35.2 Å². The molecule has 1 fully saturated rings. The first-order valence-corrected chi connectivity index (χ1v) is 10.3. The number of carbonyl (C=O) groups is 1. The summed E-state index contributed by atoms with van der Waals surface area (Å²) in [6, 6.07) is 4.06. The Morgan fingerprint density at radius 1 is 1.39 bits per heavy atom. The van der Waals surface area contributed by atoms with E-state index in [1.165, 1.54) is 28.1 Å². The largest absolute Gasteiger partial charge is 0.442 e.